The van der Waals surface area contributed by atoms with Crippen LogP contribution < -0.4 is 0 Å². The largest absolute Gasteiger partial charge is 0.462 e. The molecule has 0 radical (unpaired) electrons. The Balaban J connectivity index is 1.79. The summed E-state index contributed by atoms with van der Waals surface area (Å²) in [5.74, 6) is -0.451. The highest BCUT2D eigenvalue weighted by atomic mass is 32.1. The molecule has 2 aliphatic rings. The number of hydrogen-bond donors (Lipinski definition) is 0. The molecule has 0 unspecified atom stereocenters. The molecule has 3 atom stereocenters. The van der Waals surface area contributed by atoms with Gasteiger partial charge in [-0.3, -0.25) is 4.79 Å². The van der Waals surface area contributed by atoms with E-state index in [-0.39, 0.29) is 23.8 Å². The van der Waals surface area contributed by atoms with Crippen molar-refractivity contribution in [1.82, 2.24) is 0 Å². The van der Waals surface area contributed by atoms with E-state index >= 15 is 0 Å². The van der Waals surface area contributed by atoms with Gasteiger partial charge in [-0.15, -0.1) is 11.3 Å². The van der Waals surface area contributed by atoms with Crippen LogP contribution in [0.1, 0.15) is 72.6 Å². The molecule has 29 heavy (non-hydrogen) atoms. The molecule has 2 aliphatic carbocycles. The Labute approximate surface area is 176 Å². The lowest BCUT2D eigenvalue weighted by Crippen LogP contribution is -2.27. The molecular formula is C23H31FO4S. The molecule has 4 nitrogen and oxygen atoms in total. The summed E-state index contributed by atoms with van der Waals surface area (Å²) in [4.78, 5) is 27.1. The zero-order valence-corrected chi connectivity index (χ0v) is 18.6. The first-order valence-electron chi connectivity index (χ1n) is 10.4. The Morgan fingerprint density at radius 2 is 2.00 bits per heavy atom. The summed E-state index contributed by atoms with van der Waals surface area (Å²) >= 11 is 1.62. The number of ether oxygens (including phenoxy) is 2. The Morgan fingerprint density at radius 3 is 2.59 bits per heavy atom. The first-order chi connectivity index (χ1) is 13.6. The van der Waals surface area contributed by atoms with Gasteiger partial charge >= 0.3 is 11.9 Å². The first kappa shape index (κ1) is 22.0. The normalized spacial score (nSPS) is 23.3. The van der Waals surface area contributed by atoms with E-state index in [9.17, 15) is 14.0 Å². The first-order valence-corrected chi connectivity index (χ1v) is 11.2. The van der Waals surface area contributed by atoms with Crippen LogP contribution in [-0.2, 0) is 33.5 Å². The second-order valence-electron chi connectivity index (χ2n) is 9.12. The van der Waals surface area contributed by atoms with Crippen molar-refractivity contribution in [3.63, 3.8) is 0 Å². The molecule has 0 aliphatic heterocycles. The number of hydrogen-bond acceptors (Lipinski definition) is 5. The van der Waals surface area contributed by atoms with Crippen molar-refractivity contribution in [1.29, 1.82) is 0 Å². The topological polar surface area (TPSA) is 52.6 Å². The van der Waals surface area contributed by atoms with Crippen LogP contribution in [0.5, 0.6) is 0 Å². The molecule has 0 amide bonds. The molecular weight excluding hydrogens is 391 g/mol. The number of halogens is 1. The van der Waals surface area contributed by atoms with E-state index in [2.05, 4.69) is 6.58 Å². The minimum atomic E-state index is -0.790. The van der Waals surface area contributed by atoms with Gasteiger partial charge in [0.15, 0.2) is 0 Å². The summed E-state index contributed by atoms with van der Waals surface area (Å²) in [5, 5.41) is 0. The highest BCUT2D eigenvalue weighted by Crippen LogP contribution is 2.44. The van der Waals surface area contributed by atoms with Crippen LogP contribution in [0.4, 0.5) is 4.39 Å². The Kier molecular flexibility index (Phi) is 6.51. The molecule has 0 spiro atoms. The van der Waals surface area contributed by atoms with Crippen molar-refractivity contribution >= 4 is 23.3 Å². The third-order valence-corrected chi connectivity index (χ3v) is 6.71. The van der Waals surface area contributed by atoms with Crippen LogP contribution in [0.3, 0.4) is 0 Å². The molecule has 3 rings (SSSR count). The van der Waals surface area contributed by atoms with Gasteiger partial charge < -0.3 is 9.47 Å². The second-order valence-corrected chi connectivity index (χ2v) is 10.3. The number of fused-ring (bicyclic) bond motifs is 1. The minimum Gasteiger partial charge on any atom is -0.462 e. The lowest BCUT2D eigenvalue weighted by molar-refractivity contribution is -0.156. The number of allylic oxidation sites excluding steroid dienone is 1. The van der Waals surface area contributed by atoms with Gasteiger partial charge in [0.1, 0.15) is 11.8 Å². The van der Waals surface area contributed by atoms with Crippen LogP contribution in [0.2, 0.25) is 0 Å². The smallest absolute Gasteiger partial charge is 0.339 e. The lowest BCUT2D eigenvalue weighted by Gasteiger charge is -2.25. The minimum absolute atomic E-state index is 0.0795. The third kappa shape index (κ3) is 5.47. The molecule has 160 valence electrons. The molecule has 0 aromatic carbocycles. The van der Waals surface area contributed by atoms with Crippen molar-refractivity contribution in [2.45, 2.75) is 78.0 Å². The number of esters is 2. The van der Waals surface area contributed by atoms with Gasteiger partial charge in [0, 0.05) is 28.5 Å². The maximum atomic E-state index is 13.4. The van der Waals surface area contributed by atoms with Gasteiger partial charge in [0.05, 0.1) is 12.2 Å². The second kappa shape index (κ2) is 8.58. The van der Waals surface area contributed by atoms with Crippen molar-refractivity contribution in [3.8, 4) is 0 Å². The molecule has 0 N–H and O–H groups in total. The van der Waals surface area contributed by atoms with E-state index in [4.69, 9.17) is 9.47 Å². The Hall–Kier alpha value is -1.69. The van der Waals surface area contributed by atoms with E-state index < -0.39 is 11.8 Å². The summed E-state index contributed by atoms with van der Waals surface area (Å²) < 4.78 is 24.2. The molecule has 0 saturated heterocycles. The predicted octanol–water partition coefficient (Wildman–Crippen LogP) is 5.22. The van der Waals surface area contributed by atoms with Crippen LogP contribution >= 0.6 is 11.3 Å². The lowest BCUT2D eigenvalue weighted by atomic mass is 9.84. The quantitative estimate of drug-likeness (QED) is 0.447. The zero-order valence-electron chi connectivity index (χ0n) is 17.8. The van der Waals surface area contributed by atoms with Gasteiger partial charge in [0.2, 0.25) is 0 Å². The fraction of sp³-hybridized carbons (Fsp3) is 0.652. The van der Waals surface area contributed by atoms with E-state index in [1.54, 1.807) is 18.3 Å². The van der Waals surface area contributed by atoms with E-state index in [0.29, 0.717) is 37.9 Å². The molecule has 6 heteroatoms. The number of alkyl halides is 1. The highest BCUT2D eigenvalue weighted by molar-refractivity contribution is 7.12. The SMILES string of the molecule is C=C(Cc1sc2c(c1C(=O)OCC)C[C@@H](CC(=O)OC(C)(C)C)CC2)[C@H]1C[C@H]1F. The van der Waals surface area contributed by atoms with Crippen LogP contribution in [0, 0.1) is 11.8 Å². The summed E-state index contributed by atoms with van der Waals surface area (Å²) in [5.41, 5.74) is 1.98. The fourth-order valence-corrected chi connectivity index (χ4v) is 5.39. The molecule has 1 aromatic heterocycles. The number of rotatable bonds is 7. The monoisotopic (exact) mass is 422 g/mol. The van der Waals surface area contributed by atoms with Gasteiger partial charge in [-0.1, -0.05) is 12.2 Å². The maximum Gasteiger partial charge on any atom is 0.339 e. The molecule has 1 fully saturated rings. The van der Waals surface area contributed by atoms with Crippen molar-refractivity contribution in [3.05, 3.63) is 33.0 Å². The maximum absolute atomic E-state index is 13.4. The van der Waals surface area contributed by atoms with Gasteiger partial charge in [-0.05, 0) is 64.9 Å². The summed E-state index contributed by atoms with van der Waals surface area (Å²) in [6, 6.07) is 0. The van der Waals surface area contributed by atoms with Crippen molar-refractivity contribution in [2.75, 3.05) is 6.61 Å². The molecule has 1 aromatic rings. The number of aryl methyl sites for hydroxylation is 1. The van der Waals surface area contributed by atoms with Crippen molar-refractivity contribution in [2.24, 2.45) is 11.8 Å². The standard InChI is InChI=1S/C23H31FO4S/c1-6-27-22(26)21-16-10-14(11-20(25)28-23(3,4)5)7-8-18(16)29-19(21)9-13(2)15-12-17(15)24/h14-15,17H,2,6-12H2,1,3-5H3/t14-,15+,17+/m0/s1. The van der Waals surface area contributed by atoms with Crippen molar-refractivity contribution < 1.29 is 23.5 Å². The average Bonchev–Trinajstić information content (AvgIpc) is 3.22. The van der Waals surface area contributed by atoms with Crippen LogP contribution in [-0.4, -0.2) is 30.3 Å². The Morgan fingerprint density at radius 1 is 1.31 bits per heavy atom. The van der Waals surface area contributed by atoms with E-state index in [1.807, 2.05) is 20.8 Å². The molecule has 1 heterocycles. The average molecular weight is 423 g/mol. The Bertz CT molecular complexity index is 805. The van der Waals surface area contributed by atoms with Gasteiger partial charge in [-0.2, -0.15) is 0 Å². The zero-order chi connectivity index (χ0) is 21.3. The summed E-state index contributed by atoms with van der Waals surface area (Å²) in [7, 11) is 0. The van der Waals surface area contributed by atoms with E-state index in [0.717, 1.165) is 28.9 Å². The number of carbonyl (C=O) groups excluding carboxylic acids is 2. The highest BCUT2D eigenvalue weighted by Gasteiger charge is 2.40. The predicted molar refractivity (Wildman–Crippen MR) is 112 cm³/mol. The summed E-state index contributed by atoms with van der Waals surface area (Å²) in [6.07, 6.45) is 3.01. The third-order valence-electron chi connectivity index (χ3n) is 5.42. The van der Waals surface area contributed by atoms with Crippen LogP contribution in [0.15, 0.2) is 12.2 Å². The number of thiophene rings is 1. The number of carbonyl (C=O) groups is 2. The van der Waals surface area contributed by atoms with Gasteiger partial charge in [-0.25, -0.2) is 9.18 Å². The summed E-state index contributed by atoms with van der Waals surface area (Å²) in [6.45, 7) is 11.7. The molecule has 1 saturated carbocycles. The van der Waals surface area contributed by atoms with Gasteiger partial charge in [0.25, 0.3) is 0 Å². The van der Waals surface area contributed by atoms with Crippen LogP contribution in [0.25, 0.3) is 0 Å². The molecule has 0 bridgehead atoms. The van der Waals surface area contributed by atoms with E-state index in [1.165, 1.54) is 4.88 Å². The fourth-order valence-electron chi connectivity index (χ4n) is 3.99.